The monoisotopic (exact) mass is 483 g/mol. The number of nitrogens with zero attached hydrogens (tertiary/aromatic N) is 4. The Bertz CT molecular complexity index is 1160. The highest BCUT2D eigenvalue weighted by Gasteiger charge is 2.43. The van der Waals surface area contributed by atoms with E-state index in [0.29, 0.717) is 12.4 Å². The number of hydrogen-bond donors (Lipinski definition) is 2. The lowest BCUT2D eigenvalue weighted by Crippen LogP contribution is -2.48. The minimum Gasteiger partial charge on any atom is -0.425 e. The molecule has 1 unspecified atom stereocenters. The van der Waals surface area contributed by atoms with E-state index in [1.165, 1.54) is 4.90 Å². The smallest absolute Gasteiger partial charge is 0.243 e. The maximum absolute atomic E-state index is 13.4. The molecule has 10 heteroatoms. The van der Waals surface area contributed by atoms with Crippen LogP contribution in [0.15, 0.2) is 34.2 Å². The van der Waals surface area contributed by atoms with Crippen molar-refractivity contribution in [1.29, 1.82) is 0 Å². The molecule has 3 atom stereocenters. The number of thiazole rings is 1. The maximum Gasteiger partial charge on any atom is 0.243 e. The number of carbonyl (C=O) groups is 2. The molecule has 3 aromatic rings. The molecule has 2 amide bonds. The zero-order valence-corrected chi connectivity index (χ0v) is 20.5. The molecule has 3 heterocycles. The normalized spacial score (nSPS) is 18.9. The summed E-state index contributed by atoms with van der Waals surface area (Å²) < 4.78 is 5.52. The number of aromatic nitrogens is 3. The van der Waals surface area contributed by atoms with Gasteiger partial charge in [0.2, 0.25) is 23.6 Å². The van der Waals surface area contributed by atoms with Crippen molar-refractivity contribution in [1.82, 2.24) is 25.4 Å². The van der Waals surface area contributed by atoms with E-state index < -0.39 is 18.1 Å². The van der Waals surface area contributed by atoms with Gasteiger partial charge in [-0.1, -0.05) is 38.1 Å². The lowest BCUT2D eigenvalue weighted by Gasteiger charge is -2.28. The molecule has 2 aromatic heterocycles. The number of carbonyl (C=O) groups excluding carboxylic acids is 2. The number of aliphatic hydroxyl groups is 1. The molecule has 1 aliphatic heterocycles. The van der Waals surface area contributed by atoms with E-state index >= 15 is 0 Å². The molecule has 34 heavy (non-hydrogen) atoms. The van der Waals surface area contributed by atoms with E-state index in [1.54, 1.807) is 18.3 Å². The minimum absolute atomic E-state index is 0.0934. The first kappa shape index (κ1) is 24.0. The van der Waals surface area contributed by atoms with Crippen LogP contribution >= 0.6 is 11.3 Å². The van der Waals surface area contributed by atoms with Crippen molar-refractivity contribution in [2.24, 2.45) is 5.92 Å². The van der Waals surface area contributed by atoms with Crippen molar-refractivity contribution < 1.29 is 19.1 Å². The molecule has 0 bridgehead atoms. The second-order valence-corrected chi connectivity index (χ2v) is 9.81. The Balaban J connectivity index is 1.43. The van der Waals surface area contributed by atoms with Crippen LogP contribution in [0.25, 0.3) is 10.4 Å². The van der Waals surface area contributed by atoms with Gasteiger partial charge in [-0.2, -0.15) is 0 Å². The van der Waals surface area contributed by atoms with Gasteiger partial charge < -0.3 is 19.7 Å². The lowest BCUT2D eigenvalue weighted by atomic mass is 9.94. The van der Waals surface area contributed by atoms with Crippen LogP contribution in [-0.4, -0.2) is 55.7 Å². The van der Waals surface area contributed by atoms with Crippen molar-refractivity contribution in [2.75, 3.05) is 6.54 Å². The largest absolute Gasteiger partial charge is 0.425 e. The number of rotatable bonds is 7. The zero-order chi connectivity index (χ0) is 24.4. The summed E-state index contributed by atoms with van der Waals surface area (Å²) in [6.07, 6.45) is -0.576. The SMILES string of the molecule is Cc1nnc(C(C(=O)N2C[C@H](O)C[C@H]2C(=O)NCc2ccc(-c3scnc3C)cc2)C(C)C)o1. The fourth-order valence-electron chi connectivity index (χ4n) is 4.26. The van der Waals surface area contributed by atoms with Crippen molar-refractivity contribution >= 4 is 23.2 Å². The van der Waals surface area contributed by atoms with Gasteiger partial charge in [0.25, 0.3) is 0 Å². The first-order valence-corrected chi connectivity index (χ1v) is 12.2. The van der Waals surface area contributed by atoms with E-state index in [4.69, 9.17) is 4.42 Å². The highest BCUT2D eigenvalue weighted by atomic mass is 32.1. The average molecular weight is 484 g/mol. The second kappa shape index (κ2) is 10.0. The summed E-state index contributed by atoms with van der Waals surface area (Å²) in [5.74, 6) is -0.773. The molecule has 180 valence electrons. The molecule has 1 aliphatic rings. The summed E-state index contributed by atoms with van der Waals surface area (Å²) in [7, 11) is 0. The van der Waals surface area contributed by atoms with Crippen LogP contribution in [0.1, 0.15) is 49.2 Å². The van der Waals surface area contributed by atoms with Gasteiger partial charge in [-0.05, 0) is 24.0 Å². The topological polar surface area (TPSA) is 121 Å². The van der Waals surface area contributed by atoms with Crippen LogP contribution in [0.3, 0.4) is 0 Å². The molecule has 1 saturated heterocycles. The third-order valence-corrected chi connectivity index (χ3v) is 7.01. The molecule has 1 fully saturated rings. The van der Waals surface area contributed by atoms with E-state index in [1.807, 2.05) is 50.5 Å². The second-order valence-electron chi connectivity index (χ2n) is 8.96. The van der Waals surface area contributed by atoms with E-state index in [2.05, 4.69) is 20.5 Å². The van der Waals surface area contributed by atoms with E-state index in [9.17, 15) is 14.7 Å². The third kappa shape index (κ3) is 5.02. The Morgan fingerprint density at radius 1 is 1.24 bits per heavy atom. The Hall–Kier alpha value is -3.11. The number of nitrogens with one attached hydrogen (secondary N) is 1. The molecule has 9 nitrogen and oxygen atoms in total. The first-order chi connectivity index (χ1) is 16.2. The molecule has 4 rings (SSSR count). The Labute approximate surface area is 202 Å². The minimum atomic E-state index is -0.765. The summed E-state index contributed by atoms with van der Waals surface area (Å²) in [5, 5.41) is 21.0. The van der Waals surface area contributed by atoms with Crippen LogP contribution < -0.4 is 5.32 Å². The Kier molecular flexibility index (Phi) is 7.08. The van der Waals surface area contributed by atoms with Crippen LogP contribution in [0.2, 0.25) is 0 Å². The van der Waals surface area contributed by atoms with E-state index in [-0.39, 0.29) is 36.6 Å². The Morgan fingerprint density at radius 3 is 2.56 bits per heavy atom. The van der Waals surface area contributed by atoms with Crippen LogP contribution in [0.5, 0.6) is 0 Å². The summed E-state index contributed by atoms with van der Waals surface area (Å²) >= 11 is 1.59. The third-order valence-electron chi connectivity index (χ3n) is 6.03. The molecule has 0 spiro atoms. The standard InChI is InChI=1S/C24H29N5O4S/c1-13(2)20(23-28-27-15(4)33-23)24(32)29-11-18(30)9-19(29)22(31)25-10-16-5-7-17(8-6-16)21-14(3)26-12-34-21/h5-8,12-13,18-20,30H,9-11H2,1-4H3,(H,25,31)/t18-,19+,20?/m1/s1. The van der Waals surface area contributed by atoms with Gasteiger partial charge in [-0.25, -0.2) is 4.98 Å². The van der Waals surface area contributed by atoms with Crippen molar-refractivity contribution in [2.45, 2.75) is 58.7 Å². The van der Waals surface area contributed by atoms with Crippen molar-refractivity contribution in [3.05, 3.63) is 52.8 Å². The first-order valence-electron chi connectivity index (χ1n) is 11.3. The maximum atomic E-state index is 13.4. The number of likely N-dealkylation sites (tertiary alicyclic amines) is 1. The summed E-state index contributed by atoms with van der Waals surface area (Å²) in [6, 6.07) is 7.20. The van der Waals surface area contributed by atoms with E-state index in [0.717, 1.165) is 21.7 Å². The molecule has 0 saturated carbocycles. The number of amides is 2. The molecular weight excluding hydrogens is 454 g/mol. The fourth-order valence-corrected chi connectivity index (χ4v) is 5.07. The molecule has 2 N–H and O–H groups in total. The number of β-amino-alcohol motifs (C(OH)–C–C–N with tert-alkyl or cyclic N) is 1. The average Bonchev–Trinajstić information content (AvgIpc) is 3.52. The van der Waals surface area contributed by atoms with Crippen molar-refractivity contribution in [3.63, 3.8) is 0 Å². The van der Waals surface area contributed by atoms with Gasteiger partial charge in [0, 0.05) is 26.4 Å². The van der Waals surface area contributed by atoms with Gasteiger partial charge in [-0.3, -0.25) is 9.59 Å². The number of benzene rings is 1. The molecular formula is C24H29N5O4S. The van der Waals surface area contributed by atoms with Crippen LogP contribution in [0.4, 0.5) is 0 Å². The molecule has 0 radical (unpaired) electrons. The highest BCUT2D eigenvalue weighted by Crippen LogP contribution is 2.30. The lowest BCUT2D eigenvalue weighted by molar-refractivity contribution is -0.141. The summed E-state index contributed by atoms with van der Waals surface area (Å²) in [5.41, 5.74) is 4.84. The predicted molar refractivity (Wildman–Crippen MR) is 127 cm³/mol. The van der Waals surface area contributed by atoms with Gasteiger partial charge in [-0.15, -0.1) is 21.5 Å². The number of aliphatic hydroxyl groups excluding tert-OH is 1. The Morgan fingerprint density at radius 2 is 1.97 bits per heavy atom. The van der Waals surface area contributed by atoms with Crippen molar-refractivity contribution in [3.8, 4) is 10.4 Å². The summed E-state index contributed by atoms with van der Waals surface area (Å²) in [6.45, 7) is 7.84. The van der Waals surface area contributed by atoms with Gasteiger partial charge >= 0.3 is 0 Å². The number of aryl methyl sites for hydroxylation is 2. The molecule has 1 aromatic carbocycles. The quantitative estimate of drug-likeness (QED) is 0.530. The number of hydrogen-bond acceptors (Lipinski definition) is 8. The zero-order valence-electron chi connectivity index (χ0n) is 19.7. The summed E-state index contributed by atoms with van der Waals surface area (Å²) in [4.78, 5) is 33.3. The molecule has 0 aliphatic carbocycles. The van der Waals surface area contributed by atoms with Crippen LogP contribution in [-0.2, 0) is 16.1 Å². The fraction of sp³-hybridized carbons (Fsp3) is 0.458. The predicted octanol–water partition coefficient (Wildman–Crippen LogP) is 2.83. The highest BCUT2D eigenvalue weighted by molar-refractivity contribution is 7.13. The van der Waals surface area contributed by atoms with Gasteiger partial charge in [0.15, 0.2) is 0 Å². The van der Waals surface area contributed by atoms with Crippen LogP contribution in [0, 0.1) is 19.8 Å². The van der Waals surface area contributed by atoms with Gasteiger partial charge in [0.1, 0.15) is 12.0 Å². The van der Waals surface area contributed by atoms with Gasteiger partial charge in [0.05, 0.1) is 22.2 Å².